The second-order valence-corrected chi connectivity index (χ2v) is 5.91. The first kappa shape index (κ1) is 15.1. The van der Waals surface area contributed by atoms with E-state index in [1.54, 1.807) is 19.1 Å². The van der Waals surface area contributed by atoms with Gasteiger partial charge in [-0.15, -0.1) is 11.8 Å². The van der Waals surface area contributed by atoms with Crippen LogP contribution in [0.1, 0.15) is 31.1 Å². The fourth-order valence-electron chi connectivity index (χ4n) is 1.34. The van der Waals surface area contributed by atoms with Gasteiger partial charge in [0.15, 0.2) is 0 Å². The Morgan fingerprint density at radius 1 is 1.39 bits per heavy atom. The largest absolute Gasteiger partial charge is 0.460 e. The number of carbonyl (C=O) groups is 2. The average Bonchev–Trinajstić information content (AvgIpc) is 2.30. The van der Waals surface area contributed by atoms with Crippen LogP contribution in [0.3, 0.4) is 0 Å². The van der Waals surface area contributed by atoms with Crippen molar-refractivity contribution >= 4 is 35.1 Å². The van der Waals surface area contributed by atoms with Gasteiger partial charge in [-0.25, -0.2) is 4.79 Å². The summed E-state index contributed by atoms with van der Waals surface area (Å²) < 4.78 is 4.72. The summed E-state index contributed by atoms with van der Waals surface area (Å²) in [6, 6.07) is 4.96. The second kappa shape index (κ2) is 6.81. The van der Waals surface area contributed by atoms with E-state index in [4.69, 9.17) is 16.3 Å². The number of Topliss-reactive ketones (excluding diaryl/α,β-unsaturated/α-hetero) is 1. The molecule has 0 aliphatic rings. The molecule has 0 saturated carbocycles. The van der Waals surface area contributed by atoms with E-state index < -0.39 is 11.8 Å². The Morgan fingerprint density at radius 2 is 2.06 bits per heavy atom. The Balaban J connectivity index is 3.08. The SMILES string of the molecule is CCOC(=O)C(=O)c1cc(Cl)ccc1SC(C)C. The fraction of sp³-hybridized carbons (Fsp3) is 0.385. The zero-order valence-electron chi connectivity index (χ0n) is 10.5. The van der Waals surface area contributed by atoms with E-state index in [-0.39, 0.29) is 6.61 Å². The molecule has 98 valence electrons. The van der Waals surface area contributed by atoms with Gasteiger partial charge in [-0.3, -0.25) is 4.79 Å². The van der Waals surface area contributed by atoms with Crippen LogP contribution in [0.4, 0.5) is 0 Å². The second-order valence-electron chi connectivity index (χ2n) is 3.86. The zero-order valence-corrected chi connectivity index (χ0v) is 12.1. The third-order valence-electron chi connectivity index (χ3n) is 2.01. The summed E-state index contributed by atoms with van der Waals surface area (Å²) in [5, 5.41) is 0.732. The van der Waals surface area contributed by atoms with Gasteiger partial charge in [0.2, 0.25) is 0 Å². The van der Waals surface area contributed by atoms with Crippen molar-refractivity contribution in [3.05, 3.63) is 28.8 Å². The van der Waals surface area contributed by atoms with Crippen LogP contribution in [0.15, 0.2) is 23.1 Å². The minimum Gasteiger partial charge on any atom is -0.460 e. The lowest BCUT2D eigenvalue weighted by molar-refractivity contribution is -0.137. The summed E-state index contributed by atoms with van der Waals surface area (Å²) in [5.41, 5.74) is 0.305. The molecule has 0 atom stereocenters. The smallest absolute Gasteiger partial charge is 0.379 e. The number of thioether (sulfide) groups is 1. The lowest BCUT2D eigenvalue weighted by atomic mass is 10.1. The molecule has 0 saturated heterocycles. The highest BCUT2D eigenvalue weighted by atomic mass is 35.5. The molecule has 18 heavy (non-hydrogen) atoms. The number of benzene rings is 1. The summed E-state index contributed by atoms with van der Waals surface area (Å²) in [7, 11) is 0. The Bertz CT molecular complexity index is 458. The van der Waals surface area contributed by atoms with E-state index in [1.165, 1.54) is 17.8 Å². The third kappa shape index (κ3) is 4.03. The minimum atomic E-state index is -0.842. The molecule has 0 radical (unpaired) electrons. The average molecular weight is 287 g/mol. The summed E-state index contributed by atoms with van der Waals surface area (Å²) >= 11 is 7.38. The topological polar surface area (TPSA) is 43.4 Å². The van der Waals surface area contributed by atoms with Gasteiger partial charge < -0.3 is 4.74 Å². The van der Waals surface area contributed by atoms with Crippen molar-refractivity contribution in [3.63, 3.8) is 0 Å². The standard InChI is InChI=1S/C13H15ClO3S/c1-4-17-13(16)12(15)10-7-9(14)5-6-11(10)18-8(2)3/h5-8H,4H2,1-3H3. The highest BCUT2D eigenvalue weighted by molar-refractivity contribution is 8.00. The van der Waals surface area contributed by atoms with E-state index in [2.05, 4.69) is 0 Å². The summed E-state index contributed by atoms with van der Waals surface area (Å²) in [4.78, 5) is 24.2. The third-order valence-corrected chi connectivity index (χ3v) is 3.33. The molecule has 0 aliphatic heterocycles. The molecule has 1 aromatic rings. The number of esters is 1. The molecule has 5 heteroatoms. The van der Waals surface area contributed by atoms with E-state index in [1.807, 2.05) is 13.8 Å². The van der Waals surface area contributed by atoms with Crippen LogP contribution >= 0.6 is 23.4 Å². The maximum atomic E-state index is 11.9. The van der Waals surface area contributed by atoms with Gasteiger partial charge in [0.25, 0.3) is 5.78 Å². The minimum absolute atomic E-state index is 0.178. The van der Waals surface area contributed by atoms with E-state index >= 15 is 0 Å². The van der Waals surface area contributed by atoms with Gasteiger partial charge in [-0.1, -0.05) is 25.4 Å². The Morgan fingerprint density at radius 3 is 2.61 bits per heavy atom. The molecule has 1 rings (SSSR count). The van der Waals surface area contributed by atoms with Crippen molar-refractivity contribution in [2.45, 2.75) is 30.9 Å². The molecule has 0 bridgehead atoms. The molecule has 0 amide bonds. The van der Waals surface area contributed by atoms with E-state index in [0.29, 0.717) is 15.8 Å². The first-order valence-electron chi connectivity index (χ1n) is 5.63. The number of hydrogen-bond donors (Lipinski definition) is 0. The molecule has 0 aromatic heterocycles. The normalized spacial score (nSPS) is 10.5. The molecule has 0 N–H and O–H groups in total. The number of ether oxygens (including phenoxy) is 1. The fourth-order valence-corrected chi connectivity index (χ4v) is 2.45. The quantitative estimate of drug-likeness (QED) is 0.359. The van der Waals surface area contributed by atoms with Gasteiger partial charge in [0.1, 0.15) is 0 Å². The van der Waals surface area contributed by atoms with Crippen molar-refractivity contribution < 1.29 is 14.3 Å². The molecule has 3 nitrogen and oxygen atoms in total. The van der Waals surface area contributed by atoms with Crippen LogP contribution in [0, 0.1) is 0 Å². The molecule has 0 heterocycles. The number of hydrogen-bond acceptors (Lipinski definition) is 4. The van der Waals surface area contributed by atoms with Crippen molar-refractivity contribution in [1.29, 1.82) is 0 Å². The van der Waals surface area contributed by atoms with Gasteiger partial charge >= 0.3 is 5.97 Å². The molecule has 0 spiro atoms. The molecule has 1 aromatic carbocycles. The van der Waals surface area contributed by atoms with Crippen molar-refractivity contribution in [3.8, 4) is 0 Å². The van der Waals surface area contributed by atoms with Crippen molar-refractivity contribution in [2.75, 3.05) is 6.61 Å². The number of ketones is 1. The highest BCUT2D eigenvalue weighted by Crippen LogP contribution is 2.29. The summed E-state index contributed by atoms with van der Waals surface area (Å²) in [6.45, 7) is 5.86. The lowest BCUT2D eigenvalue weighted by Gasteiger charge is -2.10. The molecule has 0 aliphatic carbocycles. The maximum Gasteiger partial charge on any atom is 0.379 e. The van der Waals surface area contributed by atoms with E-state index in [9.17, 15) is 9.59 Å². The van der Waals surface area contributed by atoms with Gasteiger partial charge in [-0.05, 0) is 25.1 Å². The van der Waals surface area contributed by atoms with Crippen LogP contribution in [0.2, 0.25) is 5.02 Å². The Labute approximate surface area is 116 Å². The number of halogens is 1. The lowest BCUT2D eigenvalue weighted by Crippen LogP contribution is -2.18. The molecular weight excluding hydrogens is 272 g/mol. The van der Waals surface area contributed by atoms with Gasteiger partial charge in [0.05, 0.1) is 6.61 Å². The number of carbonyl (C=O) groups excluding carboxylic acids is 2. The number of rotatable bonds is 5. The maximum absolute atomic E-state index is 11.9. The molecular formula is C13H15ClO3S. The summed E-state index contributed by atoms with van der Waals surface area (Å²) in [5.74, 6) is -1.49. The van der Waals surface area contributed by atoms with Crippen LogP contribution in [0.25, 0.3) is 0 Å². The van der Waals surface area contributed by atoms with Crippen molar-refractivity contribution in [2.24, 2.45) is 0 Å². The zero-order chi connectivity index (χ0) is 13.7. The van der Waals surface area contributed by atoms with Crippen LogP contribution in [-0.2, 0) is 9.53 Å². The molecule has 0 unspecified atom stereocenters. The van der Waals surface area contributed by atoms with Crippen molar-refractivity contribution in [1.82, 2.24) is 0 Å². The van der Waals surface area contributed by atoms with Crippen LogP contribution in [0.5, 0.6) is 0 Å². The van der Waals surface area contributed by atoms with Crippen LogP contribution < -0.4 is 0 Å². The monoisotopic (exact) mass is 286 g/mol. The van der Waals surface area contributed by atoms with E-state index in [0.717, 1.165) is 4.90 Å². The first-order valence-corrected chi connectivity index (χ1v) is 6.89. The predicted molar refractivity (Wildman–Crippen MR) is 73.4 cm³/mol. The predicted octanol–water partition coefficient (Wildman–Crippen LogP) is 3.59. The Hall–Kier alpha value is -1.000. The highest BCUT2D eigenvalue weighted by Gasteiger charge is 2.21. The Kier molecular flexibility index (Phi) is 5.69. The first-order chi connectivity index (χ1) is 8.45. The van der Waals surface area contributed by atoms with Crippen LogP contribution in [-0.4, -0.2) is 23.6 Å². The molecule has 0 fully saturated rings. The van der Waals surface area contributed by atoms with Gasteiger partial charge in [0, 0.05) is 20.7 Å². The van der Waals surface area contributed by atoms with Gasteiger partial charge in [-0.2, -0.15) is 0 Å². The summed E-state index contributed by atoms with van der Waals surface area (Å²) in [6.07, 6.45) is 0.